The van der Waals surface area contributed by atoms with Crippen LogP contribution < -0.4 is 0 Å². The fraction of sp³-hybridized carbons (Fsp3) is 0.514. The first-order chi connectivity index (χ1) is 20.2. The van der Waals surface area contributed by atoms with Gasteiger partial charge in [-0.2, -0.15) is 4.58 Å². The van der Waals surface area contributed by atoms with Gasteiger partial charge >= 0.3 is 5.97 Å². The quantitative estimate of drug-likeness (QED) is 0.102. The number of carboxylic acids is 1. The first kappa shape index (κ1) is 31.7. The van der Waals surface area contributed by atoms with E-state index in [1.54, 1.807) is 11.3 Å². The average Bonchev–Trinajstić information content (AvgIpc) is 3.53. The van der Waals surface area contributed by atoms with Crippen LogP contribution in [0.15, 0.2) is 29.6 Å². The number of aromatic nitrogens is 1. The maximum Gasteiger partial charge on any atom is 0.303 e. The lowest BCUT2D eigenvalue weighted by molar-refractivity contribution is -0.438. The second kappa shape index (κ2) is 13.9. The molecule has 0 amide bonds. The largest absolute Gasteiger partial charge is 0.481 e. The smallest absolute Gasteiger partial charge is 0.303 e. The lowest BCUT2D eigenvalue weighted by Crippen LogP contribution is -2.30. The highest BCUT2D eigenvalue weighted by Gasteiger charge is 2.47. The Labute approximate surface area is 253 Å². The summed E-state index contributed by atoms with van der Waals surface area (Å²) in [4.78, 5) is 41.8. The van der Waals surface area contributed by atoms with Gasteiger partial charge in [0, 0.05) is 48.4 Å². The molecule has 2 aromatic heterocycles. The number of Topliss-reactive ketones (excluding diaryl/α,β-unsaturated/α-hetero) is 2. The summed E-state index contributed by atoms with van der Waals surface area (Å²) in [6.45, 7) is 11.7. The second-order valence-corrected chi connectivity index (χ2v) is 12.7. The van der Waals surface area contributed by atoms with Crippen LogP contribution in [0, 0.1) is 0 Å². The fourth-order valence-electron chi connectivity index (χ4n) is 6.32. The van der Waals surface area contributed by atoms with Gasteiger partial charge in [0.15, 0.2) is 17.3 Å². The molecule has 0 fully saturated rings. The zero-order valence-electron chi connectivity index (χ0n) is 25.8. The molecule has 7 heteroatoms. The second-order valence-electron chi connectivity index (χ2n) is 11.8. The van der Waals surface area contributed by atoms with Gasteiger partial charge in [-0.3, -0.25) is 14.4 Å². The van der Waals surface area contributed by atoms with Crippen LogP contribution in [0.4, 0.5) is 5.69 Å². The van der Waals surface area contributed by atoms with Crippen LogP contribution in [0.1, 0.15) is 132 Å². The highest BCUT2D eigenvalue weighted by Crippen LogP contribution is 2.50. The van der Waals surface area contributed by atoms with Gasteiger partial charge in [-0.05, 0) is 74.2 Å². The molecule has 42 heavy (non-hydrogen) atoms. The summed E-state index contributed by atoms with van der Waals surface area (Å²) < 4.78 is 3.61. The molecule has 1 aromatic carbocycles. The van der Waals surface area contributed by atoms with Gasteiger partial charge in [0.1, 0.15) is 17.9 Å². The van der Waals surface area contributed by atoms with E-state index in [0.717, 1.165) is 67.3 Å². The first-order valence-corrected chi connectivity index (χ1v) is 16.5. The molecule has 1 aliphatic heterocycles. The van der Waals surface area contributed by atoms with Gasteiger partial charge in [0.25, 0.3) is 0 Å². The van der Waals surface area contributed by atoms with E-state index in [4.69, 9.17) is 5.11 Å². The predicted molar refractivity (Wildman–Crippen MR) is 172 cm³/mol. The normalized spacial score (nSPS) is 16.3. The summed E-state index contributed by atoms with van der Waals surface area (Å²) in [7, 11) is 0. The number of carboxylic acid groups (broad SMARTS) is 1. The topological polar surface area (TPSA) is 87.3 Å². The number of rotatable bonds is 16. The molecular formula is C35H45N2O4S+. The molecule has 1 atom stereocenters. The number of benzene rings is 1. The lowest BCUT2D eigenvalue weighted by atomic mass is 9.75. The summed E-state index contributed by atoms with van der Waals surface area (Å²) in [6, 6.07) is 8.28. The minimum Gasteiger partial charge on any atom is -0.481 e. The zero-order chi connectivity index (χ0) is 30.4. The molecule has 6 nitrogen and oxygen atoms in total. The van der Waals surface area contributed by atoms with Crippen molar-refractivity contribution < 1.29 is 24.1 Å². The Bertz CT molecular complexity index is 1520. The van der Waals surface area contributed by atoms with Crippen LogP contribution >= 0.6 is 11.3 Å². The highest BCUT2D eigenvalue weighted by atomic mass is 32.1. The molecule has 1 N–H and O–H groups in total. The maximum atomic E-state index is 13.2. The number of aliphatic carboxylic acids is 1. The third-order valence-corrected chi connectivity index (χ3v) is 9.69. The Morgan fingerprint density at radius 1 is 0.905 bits per heavy atom. The average molecular weight is 590 g/mol. The Morgan fingerprint density at radius 3 is 2.26 bits per heavy atom. The van der Waals surface area contributed by atoms with Crippen LogP contribution in [0.25, 0.3) is 21.2 Å². The Morgan fingerprint density at radius 2 is 1.62 bits per heavy atom. The molecule has 0 saturated carbocycles. The van der Waals surface area contributed by atoms with E-state index in [1.807, 2.05) is 19.1 Å². The van der Waals surface area contributed by atoms with E-state index in [2.05, 4.69) is 54.8 Å². The van der Waals surface area contributed by atoms with Gasteiger partial charge in [-0.15, -0.1) is 11.3 Å². The van der Waals surface area contributed by atoms with Crippen molar-refractivity contribution in [2.24, 2.45) is 0 Å². The zero-order valence-corrected chi connectivity index (χ0v) is 26.7. The summed E-state index contributed by atoms with van der Waals surface area (Å²) >= 11 is 1.69. The summed E-state index contributed by atoms with van der Waals surface area (Å²) in [5.74, 6) is -0.776. The molecule has 0 bridgehead atoms. The van der Waals surface area contributed by atoms with Crippen LogP contribution in [-0.4, -0.2) is 44.5 Å². The van der Waals surface area contributed by atoms with Crippen molar-refractivity contribution in [3.8, 4) is 11.1 Å². The number of thiophene rings is 1. The number of nitrogens with zero attached hydrogens (tertiary/aromatic N) is 2. The monoisotopic (exact) mass is 589 g/mol. The van der Waals surface area contributed by atoms with Gasteiger partial charge in [0.2, 0.25) is 5.69 Å². The van der Waals surface area contributed by atoms with Crippen molar-refractivity contribution in [3.05, 3.63) is 46.6 Å². The van der Waals surface area contributed by atoms with Crippen molar-refractivity contribution in [3.63, 3.8) is 0 Å². The standard InChI is InChI=1S/C35H44N2O4S/c1-6-9-14-31(39)29-21-24(20-28(36-29)30(38)13-7-2)26-22-27-33(25-16-19-42-34(25)26)37(18-12-10-11-15-32(40)41)23(4)35(27,5)17-8-3/h16,19-22H,6-15,17-18H2,1-5H3/p+1. The molecule has 0 saturated heterocycles. The Balaban J connectivity index is 1.86. The number of hydrogen-bond acceptors (Lipinski definition) is 5. The molecule has 0 spiro atoms. The first-order valence-electron chi connectivity index (χ1n) is 15.6. The van der Waals surface area contributed by atoms with Crippen molar-refractivity contribution in [2.75, 3.05) is 6.54 Å². The van der Waals surface area contributed by atoms with Gasteiger partial charge in [-0.1, -0.05) is 33.6 Å². The van der Waals surface area contributed by atoms with Crippen LogP contribution in [0.2, 0.25) is 0 Å². The molecule has 0 aliphatic carbocycles. The molecular weight excluding hydrogens is 544 g/mol. The fourth-order valence-corrected chi connectivity index (χ4v) is 7.26. The Kier molecular flexibility index (Phi) is 10.5. The number of carbonyl (C=O) groups excluding carboxylic acids is 2. The minimum absolute atomic E-state index is 0.0121. The van der Waals surface area contributed by atoms with Crippen LogP contribution in [-0.2, 0) is 10.2 Å². The van der Waals surface area contributed by atoms with Gasteiger partial charge < -0.3 is 5.11 Å². The van der Waals surface area contributed by atoms with Crippen LogP contribution in [0.3, 0.4) is 0 Å². The number of fused-ring (bicyclic) bond motifs is 3. The van der Waals surface area contributed by atoms with Crippen molar-refractivity contribution in [2.45, 2.75) is 111 Å². The van der Waals surface area contributed by atoms with E-state index < -0.39 is 5.97 Å². The summed E-state index contributed by atoms with van der Waals surface area (Å²) in [5, 5.41) is 12.4. The molecule has 224 valence electrons. The molecule has 1 aliphatic rings. The molecule has 4 rings (SSSR count). The Hall–Kier alpha value is -3.19. The molecule has 3 heterocycles. The molecule has 0 radical (unpaired) electrons. The van der Waals surface area contributed by atoms with E-state index in [0.29, 0.717) is 30.7 Å². The number of carbonyl (C=O) groups is 3. The third-order valence-electron chi connectivity index (χ3n) is 8.74. The van der Waals surface area contributed by atoms with Crippen molar-refractivity contribution >= 4 is 50.4 Å². The maximum absolute atomic E-state index is 13.2. The highest BCUT2D eigenvalue weighted by molar-refractivity contribution is 7.17. The van der Waals surface area contributed by atoms with Crippen LogP contribution in [0.5, 0.6) is 0 Å². The lowest BCUT2D eigenvalue weighted by Gasteiger charge is -2.22. The number of unbranched alkanes of at least 4 members (excludes halogenated alkanes) is 3. The predicted octanol–water partition coefficient (Wildman–Crippen LogP) is 9.14. The summed E-state index contributed by atoms with van der Waals surface area (Å²) in [6.07, 6.45) is 8.04. The SMILES string of the molecule is CCCCC(=O)c1cc(-c2cc3c(c4ccsc24)[N+](CCCCCC(=O)O)=C(C)C3(C)CCC)cc(C(=O)CCC)n1. The van der Waals surface area contributed by atoms with Crippen molar-refractivity contribution in [1.82, 2.24) is 4.98 Å². The third kappa shape index (κ3) is 6.41. The molecule has 3 aromatic rings. The van der Waals surface area contributed by atoms with E-state index in [-0.39, 0.29) is 23.4 Å². The van der Waals surface area contributed by atoms with Gasteiger partial charge in [-0.25, -0.2) is 4.98 Å². The van der Waals surface area contributed by atoms with Crippen molar-refractivity contribution in [1.29, 1.82) is 0 Å². The van der Waals surface area contributed by atoms with E-state index >= 15 is 0 Å². The number of pyridine rings is 1. The van der Waals surface area contributed by atoms with E-state index in [1.165, 1.54) is 22.3 Å². The minimum atomic E-state index is -0.738. The number of hydrogen-bond donors (Lipinski definition) is 1. The van der Waals surface area contributed by atoms with Gasteiger partial charge in [0.05, 0.1) is 10.8 Å². The number of ketones is 2. The summed E-state index contributed by atoms with van der Waals surface area (Å²) in [5.41, 5.74) is 6.39. The molecule has 1 unspecified atom stereocenters. The van der Waals surface area contributed by atoms with E-state index in [9.17, 15) is 14.4 Å².